The second-order valence-corrected chi connectivity index (χ2v) is 5.96. The van der Waals surface area contributed by atoms with Gasteiger partial charge in [0.2, 0.25) is 0 Å². The lowest BCUT2D eigenvalue weighted by molar-refractivity contribution is -0.152. The number of benzene rings is 2. The maximum atomic E-state index is 12.1. The minimum absolute atomic E-state index is 0.439. The smallest absolute Gasteiger partial charge is 0.420 e. The van der Waals surface area contributed by atoms with Crippen LogP contribution in [0, 0.1) is 0 Å². The molecule has 2 aromatic carbocycles. The summed E-state index contributed by atoms with van der Waals surface area (Å²) in [5.41, 5.74) is 8.42. The summed E-state index contributed by atoms with van der Waals surface area (Å²) in [5, 5.41) is 12.2. The maximum absolute atomic E-state index is 12.1. The van der Waals surface area contributed by atoms with E-state index in [4.69, 9.17) is 10.3 Å². The van der Waals surface area contributed by atoms with Crippen LogP contribution in [-0.4, -0.2) is 27.2 Å². The molecule has 1 atom stereocenters. The summed E-state index contributed by atoms with van der Waals surface area (Å²) in [6.45, 7) is 5.10. The van der Waals surface area contributed by atoms with Crippen LogP contribution in [0.1, 0.15) is 32.4 Å². The zero-order chi connectivity index (χ0) is 16.3. The number of rotatable bonds is 3. The third-order valence-corrected chi connectivity index (χ3v) is 3.09. The highest BCUT2D eigenvalue weighted by Crippen LogP contribution is 2.25. The van der Waals surface area contributed by atoms with Gasteiger partial charge in [-0.1, -0.05) is 42.5 Å². The van der Waals surface area contributed by atoms with Crippen molar-refractivity contribution >= 4 is 22.5 Å². The Morgan fingerprint density at radius 3 is 2.45 bits per heavy atom. The van der Waals surface area contributed by atoms with Gasteiger partial charge in [-0.05, 0) is 31.5 Å². The first-order valence-electron chi connectivity index (χ1n) is 6.94. The summed E-state index contributed by atoms with van der Waals surface area (Å²) in [6, 6.07) is 12.8. The molecule has 0 aromatic heterocycles. The molecule has 5 nitrogen and oxygen atoms in total. The molecule has 0 bridgehead atoms. The normalized spacial score (nSPS) is 12.5. The molecule has 22 heavy (non-hydrogen) atoms. The van der Waals surface area contributed by atoms with Gasteiger partial charge in [0.25, 0.3) is 0 Å². The van der Waals surface area contributed by atoms with Crippen molar-refractivity contribution in [1.29, 1.82) is 0 Å². The molecule has 0 saturated heterocycles. The van der Waals surface area contributed by atoms with Crippen molar-refractivity contribution in [3.8, 4) is 0 Å². The second-order valence-electron chi connectivity index (χ2n) is 5.96. The maximum Gasteiger partial charge on any atom is 0.420 e. The molecule has 0 aliphatic carbocycles. The molecule has 0 fully saturated rings. The molecule has 0 aliphatic heterocycles. The Hall–Kier alpha value is -2.49. The van der Waals surface area contributed by atoms with Gasteiger partial charge in [-0.25, -0.2) is 4.79 Å². The Balaban J connectivity index is 2.42. The van der Waals surface area contributed by atoms with Gasteiger partial charge in [-0.15, -0.1) is 0 Å². The van der Waals surface area contributed by atoms with Crippen LogP contribution >= 0.6 is 0 Å². The third kappa shape index (κ3) is 3.39. The van der Waals surface area contributed by atoms with Crippen LogP contribution in [0.25, 0.3) is 16.3 Å². The molecule has 0 radical (unpaired) electrons. The number of carbonyl (C=O) groups excluding carboxylic acids is 1. The summed E-state index contributed by atoms with van der Waals surface area (Å²) in [4.78, 5) is 15.0. The zero-order valence-electron chi connectivity index (χ0n) is 12.8. The topological polar surface area (TPSA) is 82.9 Å². The lowest BCUT2D eigenvalue weighted by Gasteiger charge is -2.18. The van der Waals surface area contributed by atoms with Crippen LogP contribution in [-0.2, 0) is 9.53 Å². The van der Waals surface area contributed by atoms with Gasteiger partial charge < -0.3 is 15.4 Å². The second kappa shape index (κ2) is 6.10. The summed E-state index contributed by atoms with van der Waals surface area (Å²) in [6.07, 6.45) is -1.37. The van der Waals surface area contributed by atoms with Crippen LogP contribution in [0.4, 0.5) is 0 Å². The van der Waals surface area contributed by atoms with Crippen LogP contribution in [0.5, 0.6) is 0 Å². The van der Waals surface area contributed by atoms with Gasteiger partial charge in [0.15, 0.2) is 6.10 Å². The predicted octanol–water partition coefficient (Wildman–Crippen LogP) is 2.89. The van der Waals surface area contributed by atoms with E-state index in [1.807, 2.05) is 30.3 Å². The SMILES string of the molecule is CC(C)(C)OC(=O)C(=[N+]=[N-])[C@H](O)c1cccc2ccccc12. The highest BCUT2D eigenvalue weighted by Gasteiger charge is 2.35. The summed E-state index contributed by atoms with van der Waals surface area (Å²) in [5.74, 6) is -0.851. The highest BCUT2D eigenvalue weighted by molar-refractivity contribution is 6.36. The van der Waals surface area contributed by atoms with Crippen LogP contribution in [0.15, 0.2) is 42.5 Å². The minimum atomic E-state index is -1.37. The Morgan fingerprint density at radius 2 is 1.82 bits per heavy atom. The van der Waals surface area contributed by atoms with Gasteiger partial charge in [-0.3, -0.25) is 0 Å². The van der Waals surface area contributed by atoms with Crippen molar-refractivity contribution in [3.05, 3.63) is 53.6 Å². The van der Waals surface area contributed by atoms with Crippen molar-refractivity contribution in [2.24, 2.45) is 0 Å². The molecule has 114 valence electrons. The number of esters is 1. The number of hydrogen-bond acceptors (Lipinski definition) is 3. The Morgan fingerprint density at radius 1 is 1.18 bits per heavy atom. The lowest BCUT2D eigenvalue weighted by Crippen LogP contribution is -2.32. The van der Waals surface area contributed by atoms with E-state index in [1.165, 1.54) is 0 Å². The highest BCUT2D eigenvalue weighted by atomic mass is 16.6. The largest absolute Gasteiger partial charge is 0.451 e. The Bertz CT molecular complexity index is 751. The van der Waals surface area contributed by atoms with Crippen molar-refractivity contribution < 1.29 is 19.4 Å². The van der Waals surface area contributed by atoms with E-state index in [-0.39, 0.29) is 0 Å². The molecule has 2 rings (SSSR count). The first-order chi connectivity index (χ1) is 10.3. The van der Waals surface area contributed by atoms with E-state index in [0.717, 1.165) is 10.8 Å². The summed E-state index contributed by atoms with van der Waals surface area (Å²) < 4.78 is 5.16. The Labute approximate surface area is 128 Å². The fourth-order valence-electron chi connectivity index (χ4n) is 2.17. The molecule has 0 spiro atoms. The first kappa shape index (κ1) is 15.9. The monoisotopic (exact) mass is 298 g/mol. The molecule has 5 heteroatoms. The summed E-state index contributed by atoms with van der Waals surface area (Å²) in [7, 11) is 0. The van der Waals surface area contributed by atoms with Gasteiger partial charge in [-0.2, -0.15) is 4.79 Å². The number of ether oxygens (including phenoxy) is 1. The van der Waals surface area contributed by atoms with E-state index in [1.54, 1.807) is 32.9 Å². The van der Waals surface area contributed by atoms with Gasteiger partial charge in [0, 0.05) is 5.56 Å². The average molecular weight is 298 g/mol. The molecule has 0 unspecified atom stereocenters. The van der Waals surface area contributed by atoms with Gasteiger partial charge >= 0.3 is 11.7 Å². The van der Waals surface area contributed by atoms with Crippen molar-refractivity contribution in [2.45, 2.75) is 32.5 Å². The van der Waals surface area contributed by atoms with Gasteiger partial charge in [0.05, 0.1) is 0 Å². The number of nitrogens with zero attached hydrogens (tertiary/aromatic N) is 2. The van der Waals surface area contributed by atoms with Crippen LogP contribution in [0.2, 0.25) is 0 Å². The number of carbonyl (C=O) groups is 1. The minimum Gasteiger partial charge on any atom is -0.451 e. The lowest BCUT2D eigenvalue weighted by atomic mass is 9.97. The van der Waals surface area contributed by atoms with Crippen LogP contribution < -0.4 is 0 Å². The van der Waals surface area contributed by atoms with Crippen LogP contribution in [0.3, 0.4) is 0 Å². The molecular weight excluding hydrogens is 280 g/mol. The third-order valence-electron chi connectivity index (χ3n) is 3.09. The molecule has 1 N–H and O–H groups in total. The first-order valence-corrected chi connectivity index (χ1v) is 6.94. The number of hydrogen-bond donors (Lipinski definition) is 1. The Kier molecular flexibility index (Phi) is 4.40. The molecule has 0 heterocycles. The fourth-order valence-corrected chi connectivity index (χ4v) is 2.17. The molecule has 0 amide bonds. The number of fused-ring (bicyclic) bond motifs is 1. The zero-order valence-corrected chi connectivity index (χ0v) is 12.8. The molecular formula is C17H18N2O3. The molecule has 2 aromatic rings. The van der Waals surface area contributed by atoms with Crippen molar-refractivity contribution in [3.63, 3.8) is 0 Å². The van der Waals surface area contributed by atoms with E-state index in [0.29, 0.717) is 5.56 Å². The van der Waals surface area contributed by atoms with Crippen molar-refractivity contribution in [2.75, 3.05) is 0 Å². The van der Waals surface area contributed by atoms with E-state index < -0.39 is 23.4 Å². The number of aliphatic hydroxyl groups excluding tert-OH is 1. The van der Waals surface area contributed by atoms with E-state index in [2.05, 4.69) is 4.79 Å². The predicted molar refractivity (Wildman–Crippen MR) is 83.4 cm³/mol. The molecule has 0 saturated carbocycles. The fraction of sp³-hybridized carbons (Fsp3) is 0.294. The average Bonchev–Trinajstić information content (AvgIpc) is 2.45. The quantitative estimate of drug-likeness (QED) is 0.409. The van der Waals surface area contributed by atoms with E-state index >= 15 is 0 Å². The van der Waals surface area contributed by atoms with Crippen molar-refractivity contribution in [1.82, 2.24) is 0 Å². The standard InChI is InChI=1S/C17H18N2O3/c1-17(2,3)22-16(21)14(19-18)15(20)13-10-6-8-11-7-4-5-9-12(11)13/h4-10,15,20H,1-3H3/t15-/m1/s1. The molecule has 0 aliphatic rings. The number of aliphatic hydroxyl groups is 1. The van der Waals surface area contributed by atoms with E-state index in [9.17, 15) is 9.90 Å². The van der Waals surface area contributed by atoms with Gasteiger partial charge in [0.1, 0.15) is 5.60 Å². The summed E-state index contributed by atoms with van der Waals surface area (Å²) >= 11 is 0.